The largest absolute Gasteiger partial charge is 0.477 e. The predicted molar refractivity (Wildman–Crippen MR) is 131 cm³/mol. The van der Waals surface area contributed by atoms with Crippen LogP contribution in [0.25, 0.3) is 22.4 Å². The second-order valence-corrected chi connectivity index (χ2v) is 9.47. The van der Waals surface area contributed by atoms with Crippen LogP contribution < -0.4 is 10.3 Å². The molecule has 1 N–H and O–H groups in total. The molecule has 0 radical (unpaired) electrons. The van der Waals surface area contributed by atoms with Gasteiger partial charge in [-0.1, -0.05) is 19.8 Å². The van der Waals surface area contributed by atoms with Crippen LogP contribution >= 0.6 is 0 Å². The van der Waals surface area contributed by atoms with Gasteiger partial charge in [-0.05, 0) is 39.7 Å². The van der Waals surface area contributed by atoms with Crippen molar-refractivity contribution in [2.24, 2.45) is 0 Å². The highest BCUT2D eigenvalue weighted by molar-refractivity contribution is 5.79. The minimum atomic E-state index is -0.560. The maximum Gasteiger partial charge on any atom is 0.410 e. The summed E-state index contributed by atoms with van der Waals surface area (Å²) in [6, 6.07) is 1.66. The summed E-state index contributed by atoms with van der Waals surface area (Å²) >= 11 is 0. The Bertz CT molecular complexity index is 1360. The fraction of sp³-hybridized carbons (Fsp3) is 0.480. The number of aromatic nitrogens is 5. The third-order valence-corrected chi connectivity index (χ3v) is 5.56. The van der Waals surface area contributed by atoms with Gasteiger partial charge < -0.3 is 19.4 Å². The maximum atomic E-state index is 13.0. The van der Waals surface area contributed by atoms with Crippen LogP contribution in [0.5, 0.6) is 5.88 Å². The highest BCUT2D eigenvalue weighted by Gasteiger charge is 2.37. The molecular weight excluding hydrogens is 448 g/mol. The van der Waals surface area contributed by atoms with E-state index in [1.54, 1.807) is 17.2 Å². The first-order valence-corrected chi connectivity index (χ1v) is 11.7. The molecule has 1 aliphatic heterocycles. The molecule has 0 spiro atoms. The second kappa shape index (κ2) is 9.41. The fourth-order valence-corrected chi connectivity index (χ4v) is 3.90. The number of amides is 1. The summed E-state index contributed by atoms with van der Waals surface area (Å²) in [5.74, 6) is 3.23. The molecule has 0 bridgehead atoms. The normalized spacial score (nSPS) is 14.0. The molecule has 184 valence electrons. The first-order chi connectivity index (χ1) is 16.6. The third kappa shape index (κ3) is 4.85. The van der Waals surface area contributed by atoms with E-state index in [0.717, 1.165) is 12.1 Å². The number of nitrogens with zero attached hydrogens (tertiary/aromatic N) is 5. The van der Waals surface area contributed by atoms with Crippen LogP contribution in [-0.4, -0.2) is 61.0 Å². The second-order valence-electron chi connectivity index (χ2n) is 9.47. The quantitative estimate of drug-likeness (QED) is 0.541. The Hall–Kier alpha value is -3.87. The van der Waals surface area contributed by atoms with Gasteiger partial charge in [-0.15, -0.1) is 6.42 Å². The van der Waals surface area contributed by atoms with Gasteiger partial charge in [0.15, 0.2) is 5.52 Å². The van der Waals surface area contributed by atoms with Crippen molar-refractivity contribution < 1.29 is 14.3 Å². The molecule has 0 saturated carbocycles. The van der Waals surface area contributed by atoms with Gasteiger partial charge in [-0.25, -0.2) is 14.8 Å². The Kier molecular flexibility index (Phi) is 6.52. The van der Waals surface area contributed by atoms with E-state index in [2.05, 4.69) is 21.0 Å². The van der Waals surface area contributed by atoms with E-state index in [0.29, 0.717) is 54.5 Å². The zero-order valence-corrected chi connectivity index (χ0v) is 20.7. The molecule has 3 aromatic heterocycles. The Morgan fingerprint density at radius 3 is 2.66 bits per heavy atom. The number of fused-ring (bicyclic) bond motifs is 1. The number of pyridine rings is 1. The number of likely N-dealkylation sites (tertiary alicyclic amines) is 1. The van der Waals surface area contributed by atoms with Crippen LogP contribution in [0, 0.1) is 12.3 Å². The Balaban J connectivity index is 1.70. The minimum absolute atomic E-state index is 0.0654. The summed E-state index contributed by atoms with van der Waals surface area (Å²) in [5.41, 5.74) is 1.72. The number of hydrogen-bond donors (Lipinski definition) is 1. The molecule has 10 heteroatoms. The lowest BCUT2D eigenvalue weighted by atomic mass is 10.1. The van der Waals surface area contributed by atoms with Crippen molar-refractivity contribution in [1.82, 2.24) is 29.6 Å². The van der Waals surface area contributed by atoms with E-state index in [1.165, 1.54) is 0 Å². The SMILES string of the molecule is C#Cc1cnc(OCCC)c(-c2nc3c(CC)n(C4CN(C(=O)OC(C)(C)C)C4)nc3c(=O)[nH]2)c1. The fourth-order valence-electron chi connectivity index (χ4n) is 3.90. The molecule has 0 aliphatic carbocycles. The van der Waals surface area contributed by atoms with Crippen LogP contribution in [-0.2, 0) is 11.2 Å². The summed E-state index contributed by atoms with van der Waals surface area (Å²) in [6.45, 7) is 10.8. The average Bonchev–Trinajstić information content (AvgIpc) is 3.13. The van der Waals surface area contributed by atoms with Crippen molar-refractivity contribution in [3.05, 3.63) is 33.9 Å². The van der Waals surface area contributed by atoms with Crippen LogP contribution in [0.4, 0.5) is 4.79 Å². The van der Waals surface area contributed by atoms with Crippen LogP contribution in [0.2, 0.25) is 0 Å². The molecule has 0 aromatic carbocycles. The Morgan fingerprint density at radius 2 is 2.03 bits per heavy atom. The molecule has 4 heterocycles. The van der Waals surface area contributed by atoms with E-state index in [4.69, 9.17) is 20.9 Å². The molecule has 1 saturated heterocycles. The van der Waals surface area contributed by atoms with Gasteiger partial charge >= 0.3 is 6.09 Å². The topological polar surface area (TPSA) is 115 Å². The van der Waals surface area contributed by atoms with E-state index < -0.39 is 5.60 Å². The molecule has 0 unspecified atom stereocenters. The van der Waals surface area contributed by atoms with Gasteiger partial charge in [0.25, 0.3) is 5.56 Å². The molecule has 1 fully saturated rings. The predicted octanol–water partition coefficient (Wildman–Crippen LogP) is 3.31. The third-order valence-electron chi connectivity index (χ3n) is 5.56. The molecule has 10 nitrogen and oxygen atoms in total. The molecule has 35 heavy (non-hydrogen) atoms. The number of nitrogens with one attached hydrogen (secondary N) is 1. The standard InChI is InChI=1S/C25H30N6O4/c1-7-10-34-23-17(11-15(8-2)12-26-23)21-27-19-18(9-3)31(29-20(19)22(32)28-21)16-13-30(14-16)24(33)35-25(4,5)6/h2,11-12,16H,7,9-10,13-14H2,1,3-6H3,(H,27,28,32). The van der Waals surface area contributed by atoms with Crippen LogP contribution in [0.3, 0.4) is 0 Å². The van der Waals surface area contributed by atoms with Gasteiger partial charge in [0.2, 0.25) is 5.88 Å². The number of carbonyl (C=O) groups excluding carboxylic acids is 1. The van der Waals surface area contributed by atoms with E-state index in [-0.39, 0.29) is 23.2 Å². The van der Waals surface area contributed by atoms with Crippen LogP contribution in [0.1, 0.15) is 58.3 Å². The smallest absolute Gasteiger partial charge is 0.410 e. The van der Waals surface area contributed by atoms with Crippen molar-refractivity contribution in [2.75, 3.05) is 19.7 Å². The zero-order chi connectivity index (χ0) is 25.3. The molecule has 1 aliphatic rings. The highest BCUT2D eigenvalue weighted by Crippen LogP contribution is 2.30. The van der Waals surface area contributed by atoms with E-state index in [1.807, 2.05) is 39.3 Å². The van der Waals surface area contributed by atoms with Crippen molar-refractivity contribution in [2.45, 2.75) is 59.1 Å². The van der Waals surface area contributed by atoms with Gasteiger partial charge in [0, 0.05) is 24.8 Å². The maximum absolute atomic E-state index is 13.0. The summed E-state index contributed by atoms with van der Waals surface area (Å²) in [5, 5.41) is 4.57. The lowest BCUT2D eigenvalue weighted by Crippen LogP contribution is -2.52. The zero-order valence-electron chi connectivity index (χ0n) is 20.7. The number of terminal acetylenes is 1. The summed E-state index contributed by atoms with van der Waals surface area (Å²) < 4.78 is 13.0. The Morgan fingerprint density at radius 1 is 1.29 bits per heavy atom. The molecule has 4 rings (SSSR count). The van der Waals surface area contributed by atoms with E-state index >= 15 is 0 Å². The Labute approximate surface area is 203 Å². The number of ether oxygens (including phenoxy) is 2. The summed E-state index contributed by atoms with van der Waals surface area (Å²) in [4.78, 5) is 38.9. The van der Waals surface area contributed by atoms with Crippen molar-refractivity contribution >= 4 is 17.1 Å². The van der Waals surface area contributed by atoms with E-state index in [9.17, 15) is 9.59 Å². The molecule has 3 aromatic rings. The molecule has 1 amide bonds. The molecular formula is C25H30N6O4. The summed E-state index contributed by atoms with van der Waals surface area (Å²) in [6.07, 6.45) is 8.16. The lowest BCUT2D eigenvalue weighted by Gasteiger charge is -2.40. The average molecular weight is 479 g/mol. The van der Waals surface area contributed by atoms with Gasteiger partial charge in [-0.2, -0.15) is 5.10 Å². The van der Waals surface area contributed by atoms with Crippen molar-refractivity contribution in [1.29, 1.82) is 0 Å². The number of aromatic amines is 1. The lowest BCUT2D eigenvalue weighted by molar-refractivity contribution is -0.000640. The number of rotatable bonds is 6. The molecule has 0 atom stereocenters. The minimum Gasteiger partial charge on any atom is -0.477 e. The number of aryl methyl sites for hydroxylation is 1. The number of carbonyl (C=O) groups is 1. The van der Waals surface area contributed by atoms with Gasteiger partial charge in [-0.3, -0.25) is 9.48 Å². The summed E-state index contributed by atoms with van der Waals surface area (Å²) in [7, 11) is 0. The first kappa shape index (κ1) is 24.3. The number of hydrogen-bond acceptors (Lipinski definition) is 7. The van der Waals surface area contributed by atoms with Crippen LogP contribution in [0.15, 0.2) is 17.1 Å². The first-order valence-electron chi connectivity index (χ1n) is 11.7. The van der Waals surface area contributed by atoms with Crippen molar-refractivity contribution in [3.8, 4) is 29.6 Å². The highest BCUT2D eigenvalue weighted by atomic mass is 16.6. The monoisotopic (exact) mass is 478 g/mol. The van der Waals surface area contributed by atoms with Gasteiger partial charge in [0.05, 0.1) is 23.9 Å². The number of H-pyrrole nitrogens is 1. The van der Waals surface area contributed by atoms with Crippen molar-refractivity contribution in [3.63, 3.8) is 0 Å². The van der Waals surface area contributed by atoms with Gasteiger partial charge in [0.1, 0.15) is 16.9 Å².